The van der Waals surface area contributed by atoms with Crippen molar-refractivity contribution in [3.8, 4) is 0 Å². The van der Waals surface area contributed by atoms with Gasteiger partial charge in [0, 0.05) is 50.9 Å². The van der Waals surface area contributed by atoms with Crippen LogP contribution in [0.4, 0.5) is 4.39 Å². The van der Waals surface area contributed by atoms with Crippen molar-refractivity contribution in [2.45, 2.75) is 37.5 Å². The molecule has 0 unspecified atom stereocenters. The molecule has 2 atom stereocenters. The lowest BCUT2D eigenvalue weighted by molar-refractivity contribution is -0.144. The molecule has 3 amide bonds. The molecule has 2 fully saturated rings. The number of likely N-dealkylation sites (tertiary alicyclic amines) is 2. The number of ether oxygens (including phenoxy) is 1. The third-order valence-corrected chi connectivity index (χ3v) is 7.22. The van der Waals surface area contributed by atoms with E-state index in [1.165, 1.54) is 25.3 Å². The Morgan fingerprint density at radius 3 is 2.53 bits per heavy atom. The highest BCUT2D eigenvalue weighted by Crippen LogP contribution is 2.41. The largest absolute Gasteiger partial charge is 0.383 e. The Morgan fingerprint density at radius 1 is 1.08 bits per heavy atom. The number of amides is 3. The number of imide groups is 1. The van der Waals surface area contributed by atoms with E-state index >= 15 is 0 Å². The van der Waals surface area contributed by atoms with Crippen molar-refractivity contribution in [1.29, 1.82) is 0 Å². The molecule has 2 heterocycles. The molecular formula is C28H31FN2O5. The zero-order chi connectivity index (χ0) is 25.7. The number of hydrogen-bond acceptors (Lipinski definition) is 5. The number of carbonyl (C=O) groups excluding carboxylic acids is 4. The van der Waals surface area contributed by atoms with Crippen molar-refractivity contribution in [2.24, 2.45) is 5.92 Å². The van der Waals surface area contributed by atoms with Crippen LogP contribution in [0.25, 0.3) is 0 Å². The van der Waals surface area contributed by atoms with E-state index < -0.39 is 23.0 Å². The van der Waals surface area contributed by atoms with Gasteiger partial charge < -0.3 is 9.64 Å². The summed E-state index contributed by atoms with van der Waals surface area (Å²) in [6, 6.07) is 15.3. The Kier molecular flexibility index (Phi) is 7.94. The molecule has 0 spiro atoms. The molecule has 7 nitrogen and oxygen atoms in total. The fourth-order valence-corrected chi connectivity index (χ4v) is 5.28. The van der Waals surface area contributed by atoms with Gasteiger partial charge in [-0.25, -0.2) is 4.39 Å². The molecule has 0 radical (unpaired) electrons. The van der Waals surface area contributed by atoms with Crippen LogP contribution in [-0.2, 0) is 35.8 Å². The molecule has 4 rings (SSSR count). The lowest BCUT2D eigenvalue weighted by atomic mass is 9.75. The summed E-state index contributed by atoms with van der Waals surface area (Å²) in [6.45, 7) is 0.901. The first-order valence-electron chi connectivity index (χ1n) is 12.3. The van der Waals surface area contributed by atoms with Gasteiger partial charge in [0.15, 0.2) is 0 Å². The fraction of sp³-hybridized carbons (Fsp3) is 0.429. The highest BCUT2D eigenvalue weighted by atomic mass is 19.1. The average molecular weight is 495 g/mol. The molecule has 190 valence electrons. The number of halogens is 1. The van der Waals surface area contributed by atoms with Gasteiger partial charge in [0.05, 0.1) is 18.6 Å². The lowest BCUT2D eigenvalue weighted by Gasteiger charge is -2.35. The zero-order valence-electron chi connectivity index (χ0n) is 20.5. The van der Waals surface area contributed by atoms with E-state index in [2.05, 4.69) is 0 Å². The van der Waals surface area contributed by atoms with Crippen molar-refractivity contribution in [2.75, 3.05) is 33.4 Å². The van der Waals surface area contributed by atoms with Crippen LogP contribution >= 0.6 is 0 Å². The van der Waals surface area contributed by atoms with Crippen LogP contribution in [-0.4, -0.2) is 66.7 Å². The molecule has 0 saturated carbocycles. The van der Waals surface area contributed by atoms with Crippen LogP contribution in [0.1, 0.15) is 36.8 Å². The quantitative estimate of drug-likeness (QED) is 0.501. The number of rotatable bonds is 9. The van der Waals surface area contributed by atoms with E-state index in [0.717, 1.165) is 10.5 Å². The molecule has 2 aliphatic rings. The standard InChI is InChI=1S/C28H31FN2O5/c1-36-15-14-31-26(34)18-28(27(31)35,22-11-5-6-12-23(22)29)17-25(33)30-13-7-10-21(19-30)24(32)16-20-8-3-2-4-9-20/h2-6,8-9,11-12,21H,7,10,13-19H2,1H3/t21-,28-/m1/s1. The van der Waals surface area contributed by atoms with Gasteiger partial charge in [-0.15, -0.1) is 0 Å². The highest BCUT2D eigenvalue weighted by molar-refractivity contribution is 6.10. The van der Waals surface area contributed by atoms with Gasteiger partial charge in [-0.05, 0) is 24.5 Å². The molecule has 2 aliphatic heterocycles. The van der Waals surface area contributed by atoms with Crippen molar-refractivity contribution in [3.05, 3.63) is 71.5 Å². The summed E-state index contributed by atoms with van der Waals surface area (Å²) < 4.78 is 20.0. The molecule has 2 saturated heterocycles. The third-order valence-electron chi connectivity index (χ3n) is 7.22. The summed E-state index contributed by atoms with van der Waals surface area (Å²) in [4.78, 5) is 55.5. The van der Waals surface area contributed by atoms with Crippen LogP contribution in [0, 0.1) is 11.7 Å². The molecule has 0 N–H and O–H groups in total. The smallest absolute Gasteiger partial charge is 0.241 e. The third kappa shape index (κ3) is 5.23. The Balaban J connectivity index is 1.54. The summed E-state index contributed by atoms with van der Waals surface area (Å²) in [6.07, 6.45) is 1.04. The molecule has 8 heteroatoms. The number of carbonyl (C=O) groups is 4. The van der Waals surface area contributed by atoms with Crippen LogP contribution in [0.3, 0.4) is 0 Å². The molecule has 0 aliphatic carbocycles. The number of benzene rings is 2. The summed E-state index contributed by atoms with van der Waals surface area (Å²) in [5.41, 5.74) is -0.644. The second-order valence-corrected chi connectivity index (χ2v) is 9.57. The van der Waals surface area contributed by atoms with Gasteiger partial charge in [0.25, 0.3) is 0 Å². The van der Waals surface area contributed by atoms with Gasteiger partial charge in [0.1, 0.15) is 11.6 Å². The predicted molar refractivity (Wildman–Crippen MR) is 130 cm³/mol. The van der Waals surface area contributed by atoms with E-state index in [4.69, 9.17) is 4.74 Å². The molecule has 2 aromatic carbocycles. The van der Waals surface area contributed by atoms with Crippen molar-refractivity contribution >= 4 is 23.5 Å². The van der Waals surface area contributed by atoms with Gasteiger partial charge in [-0.3, -0.25) is 24.1 Å². The van der Waals surface area contributed by atoms with Gasteiger partial charge in [-0.2, -0.15) is 0 Å². The minimum absolute atomic E-state index is 0.0400. The Hall–Kier alpha value is -3.39. The second kappa shape index (κ2) is 11.1. The van der Waals surface area contributed by atoms with Gasteiger partial charge >= 0.3 is 0 Å². The first-order valence-corrected chi connectivity index (χ1v) is 12.3. The Morgan fingerprint density at radius 2 is 1.81 bits per heavy atom. The normalized spacial score (nSPS) is 22.2. The number of nitrogens with zero attached hydrogens (tertiary/aromatic N) is 2. The molecule has 2 aromatic rings. The number of Topliss-reactive ketones (excluding diaryl/α,β-unsaturated/α-hetero) is 1. The van der Waals surface area contributed by atoms with E-state index in [1.807, 2.05) is 30.3 Å². The van der Waals surface area contributed by atoms with E-state index in [-0.39, 0.29) is 55.7 Å². The number of hydrogen-bond donors (Lipinski definition) is 0. The van der Waals surface area contributed by atoms with E-state index in [9.17, 15) is 23.6 Å². The summed E-state index contributed by atoms with van der Waals surface area (Å²) in [5, 5.41) is 0. The first kappa shape index (κ1) is 25.7. The highest BCUT2D eigenvalue weighted by Gasteiger charge is 2.55. The SMILES string of the molecule is COCCN1C(=O)C[C@](CC(=O)N2CCC[C@@H](C(=O)Cc3ccccc3)C2)(c2ccccc2F)C1=O. The van der Waals surface area contributed by atoms with Crippen molar-refractivity contribution in [3.63, 3.8) is 0 Å². The monoisotopic (exact) mass is 494 g/mol. The molecule has 36 heavy (non-hydrogen) atoms. The maximum absolute atomic E-state index is 15.0. The van der Waals surface area contributed by atoms with Gasteiger partial charge in [-0.1, -0.05) is 48.5 Å². The van der Waals surface area contributed by atoms with Crippen LogP contribution in [0.15, 0.2) is 54.6 Å². The Bertz CT molecular complexity index is 1140. The maximum Gasteiger partial charge on any atom is 0.241 e. The van der Waals surface area contributed by atoms with Crippen LogP contribution in [0.5, 0.6) is 0 Å². The average Bonchev–Trinajstić information content (AvgIpc) is 3.12. The summed E-state index contributed by atoms with van der Waals surface area (Å²) in [7, 11) is 1.46. The molecule has 0 bridgehead atoms. The van der Waals surface area contributed by atoms with E-state index in [0.29, 0.717) is 25.8 Å². The summed E-state index contributed by atoms with van der Waals surface area (Å²) >= 11 is 0. The minimum atomic E-state index is -1.62. The first-order chi connectivity index (χ1) is 17.4. The predicted octanol–water partition coefficient (Wildman–Crippen LogP) is 2.91. The van der Waals surface area contributed by atoms with Gasteiger partial charge in [0.2, 0.25) is 17.7 Å². The number of piperidine rings is 1. The number of methoxy groups -OCH3 is 1. The number of ketones is 1. The fourth-order valence-electron chi connectivity index (χ4n) is 5.28. The zero-order valence-corrected chi connectivity index (χ0v) is 20.5. The van der Waals surface area contributed by atoms with Crippen molar-refractivity contribution in [1.82, 2.24) is 9.80 Å². The van der Waals surface area contributed by atoms with E-state index in [1.54, 1.807) is 11.0 Å². The van der Waals surface area contributed by atoms with Crippen LogP contribution in [0.2, 0.25) is 0 Å². The van der Waals surface area contributed by atoms with Crippen molar-refractivity contribution < 1.29 is 28.3 Å². The Labute approximate surface area is 210 Å². The molecule has 0 aromatic heterocycles. The lowest BCUT2D eigenvalue weighted by Crippen LogP contribution is -2.47. The van der Waals surface area contributed by atoms with Crippen LogP contribution < -0.4 is 0 Å². The maximum atomic E-state index is 15.0. The molecular weight excluding hydrogens is 463 g/mol. The minimum Gasteiger partial charge on any atom is -0.383 e. The topological polar surface area (TPSA) is 84.0 Å². The summed E-state index contributed by atoms with van der Waals surface area (Å²) in [5.74, 6) is -2.26. The second-order valence-electron chi connectivity index (χ2n) is 9.57.